The molecule has 2 unspecified atom stereocenters. The van der Waals surface area contributed by atoms with Gasteiger partial charge >= 0.3 is 0 Å². The predicted octanol–water partition coefficient (Wildman–Crippen LogP) is 3.82. The van der Waals surface area contributed by atoms with E-state index in [1.807, 2.05) is 0 Å². The maximum atomic E-state index is 2.28. The van der Waals surface area contributed by atoms with Gasteiger partial charge in [-0.3, -0.25) is 0 Å². The van der Waals surface area contributed by atoms with E-state index >= 15 is 0 Å². The molecule has 14 heavy (non-hydrogen) atoms. The number of benzene rings is 1. The maximum Gasteiger partial charge on any atom is 0.132 e. The topological polar surface area (TPSA) is 0 Å². The molecule has 2 fully saturated rings. The summed E-state index contributed by atoms with van der Waals surface area (Å²) in [6.07, 6.45) is 7.24. The molecule has 0 heteroatoms. The van der Waals surface area contributed by atoms with Crippen LogP contribution >= 0.6 is 0 Å². The summed E-state index contributed by atoms with van der Waals surface area (Å²) in [5, 5.41) is 0. The monoisotopic (exact) mass is 185 g/mol. The highest BCUT2D eigenvalue weighted by Gasteiger charge is 2.38. The Balaban J connectivity index is 1.81. The van der Waals surface area contributed by atoms with Crippen LogP contribution < -0.4 is 0 Å². The Bertz CT molecular complexity index is 289. The minimum absolute atomic E-state index is 1.02. The highest BCUT2D eigenvalue weighted by atomic mass is 14.4. The molecule has 0 heterocycles. The van der Waals surface area contributed by atoms with Gasteiger partial charge < -0.3 is 0 Å². The third kappa shape index (κ3) is 1.43. The minimum Gasteiger partial charge on any atom is -0.0487 e. The van der Waals surface area contributed by atoms with Gasteiger partial charge in [0.2, 0.25) is 0 Å². The largest absolute Gasteiger partial charge is 0.132 e. The smallest absolute Gasteiger partial charge is 0.0487 e. The van der Waals surface area contributed by atoms with Gasteiger partial charge in [0.1, 0.15) is 5.56 Å². The molecule has 2 saturated carbocycles. The Labute approximate surface area is 86.3 Å². The summed E-state index contributed by atoms with van der Waals surface area (Å²) < 4.78 is 0. The second kappa shape index (κ2) is 3.34. The molecule has 0 N–H and O–H groups in total. The lowest BCUT2D eigenvalue weighted by molar-refractivity contribution is 0.395. The van der Waals surface area contributed by atoms with Gasteiger partial charge in [-0.15, -0.1) is 0 Å². The Kier molecular flexibility index (Phi) is 2.01. The summed E-state index contributed by atoms with van der Waals surface area (Å²) in [6.45, 7) is 0. The second-order valence-electron chi connectivity index (χ2n) is 4.92. The van der Waals surface area contributed by atoms with Crippen LogP contribution in [0.25, 0.3) is 0 Å². The highest BCUT2D eigenvalue weighted by Crippen LogP contribution is 2.47. The van der Waals surface area contributed by atoms with E-state index in [-0.39, 0.29) is 0 Å². The molecule has 3 rings (SSSR count). The van der Waals surface area contributed by atoms with E-state index in [1.165, 1.54) is 37.7 Å². The third-order valence-electron chi connectivity index (χ3n) is 3.90. The fourth-order valence-corrected chi connectivity index (χ4v) is 3.24. The summed E-state index contributed by atoms with van der Waals surface area (Å²) in [4.78, 5) is 0. The van der Waals surface area contributed by atoms with Crippen LogP contribution in [0.3, 0.4) is 0 Å². The molecule has 2 bridgehead atoms. The first-order valence-corrected chi connectivity index (χ1v) is 5.82. The lowest BCUT2D eigenvalue weighted by Gasteiger charge is -2.22. The number of hydrogen-bond donors (Lipinski definition) is 0. The third-order valence-corrected chi connectivity index (χ3v) is 3.90. The summed E-state index contributed by atoms with van der Waals surface area (Å²) in [6, 6.07) is 11.0. The Morgan fingerprint density at radius 2 is 1.57 bits per heavy atom. The molecule has 0 radical (unpaired) electrons. The van der Waals surface area contributed by atoms with Gasteiger partial charge in [-0.1, -0.05) is 0 Å². The van der Waals surface area contributed by atoms with Crippen molar-refractivity contribution in [1.82, 2.24) is 0 Å². The molecule has 2 atom stereocenters. The molecule has 0 spiro atoms. The second-order valence-corrected chi connectivity index (χ2v) is 4.92. The van der Waals surface area contributed by atoms with Gasteiger partial charge in [0.15, 0.2) is 0 Å². The first-order chi connectivity index (χ1) is 6.92. The summed E-state index contributed by atoms with van der Waals surface area (Å²) in [7, 11) is 0. The average molecular weight is 185 g/mol. The fraction of sp³-hybridized carbons (Fsp3) is 0.500. The van der Waals surface area contributed by atoms with E-state index in [0.717, 1.165) is 11.8 Å². The van der Waals surface area contributed by atoms with Crippen molar-refractivity contribution in [3.63, 3.8) is 0 Å². The molecular formula is C14H17+. The lowest BCUT2D eigenvalue weighted by atomic mass is 9.78. The van der Waals surface area contributed by atoms with E-state index in [1.54, 1.807) is 5.92 Å². The molecule has 0 aliphatic heterocycles. The number of hydrogen-bond acceptors (Lipinski definition) is 0. The van der Waals surface area contributed by atoms with Crippen LogP contribution in [0, 0.1) is 17.8 Å². The van der Waals surface area contributed by atoms with Crippen LogP contribution in [0.1, 0.15) is 37.7 Å². The fourth-order valence-electron chi connectivity index (χ4n) is 3.24. The van der Waals surface area contributed by atoms with E-state index < -0.39 is 0 Å². The molecule has 2 aliphatic rings. The van der Waals surface area contributed by atoms with Crippen molar-refractivity contribution in [2.75, 3.05) is 0 Å². The predicted molar refractivity (Wildman–Crippen MR) is 58.9 cm³/mol. The Morgan fingerprint density at radius 3 is 2.21 bits per heavy atom. The van der Waals surface area contributed by atoms with Crippen LogP contribution in [0.15, 0.2) is 30.3 Å². The van der Waals surface area contributed by atoms with Crippen LogP contribution in [-0.4, -0.2) is 0 Å². The maximum absolute atomic E-state index is 2.28. The normalized spacial score (nSPS) is 30.7. The van der Waals surface area contributed by atoms with Crippen molar-refractivity contribution in [1.29, 1.82) is 0 Å². The molecule has 0 aromatic heterocycles. The lowest BCUT2D eigenvalue weighted by Crippen LogP contribution is -2.14. The van der Waals surface area contributed by atoms with E-state index in [0.29, 0.717) is 0 Å². The SMILES string of the molecule is c1ccc([C+]2CC3CCC(C2)C3)cc1. The van der Waals surface area contributed by atoms with Gasteiger partial charge in [-0.25, -0.2) is 0 Å². The van der Waals surface area contributed by atoms with Gasteiger partial charge in [-0.05, 0) is 49.3 Å². The van der Waals surface area contributed by atoms with Gasteiger partial charge in [0.25, 0.3) is 0 Å². The van der Waals surface area contributed by atoms with Crippen LogP contribution in [0.2, 0.25) is 0 Å². The molecule has 1 aromatic rings. The van der Waals surface area contributed by atoms with Crippen LogP contribution in [-0.2, 0) is 0 Å². The van der Waals surface area contributed by atoms with Crippen LogP contribution in [0.4, 0.5) is 0 Å². The summed E-state index contributed by atoms with van der Waals surface area (Å²) in [5.74, 6) is 3.76. The van der Waals surface area contributed by atoms with E-state index in [4.69, 9.17) is 0 Å². The zero-order valence-corrected chi connectivity index (χ0v) is 8.58. The van der Waals surface area contributed by atoms with E-state index in [9.17, 15) is 0 Å². The van der Waals surface area contributed by atoms with Crippen molar-refractivity contribution in [2.24, 2.45) is 11.8 Å². The van der Waals surface area contributed by atoms with Crippen LogP contribution in [0.5, 0.6) is 0 Å². The quantitative estimate of drug-likeness (QED) is 0.583. The molecule has 1 aromatic carbocycles. The molecule has 0 nitrogen and oxygen atoms in total. The zero-order valence-electron chi connectivity index (χ0n) is 8.58. The van der Waals surface area contributed by atoms with Crippen molar-refractivity contribution in [2.45, 2.75) is 32.1 Å². The van der Waals surface area contributed by atoms with Crippen molar-refractivity contribution in [3.05, 3.63) is 41.8 Å². The van der Waals surface area contributed by atoms with E-state index in [2.05, 4.69) is 30.3 Å². The highest BCUT2D eigenvalue weighted by molar-refractivity contribution is 5.31. The first-order valence-electron chi connectivity index (χ1n) is 5.82. The molecule has 0 amide bonds. The molecular weight excluding hydrogens is 168 g/mol. The molecule has 72 valence electrons. The molecule has 2 aliphatic carbocycles. The average Bonchev–Trinajstić information content (AvgIpc) is 2.59. The number of rotatable bonds is 1. The first kappa shape index (κ1) is 8.40. The van der Waals surface area contributed by atoms with Crippen molar-refractivity contribution >= 4 is 0 Å². The number of fused-ring (bicyclic) bond motifs is 2. The molecule has 0 saturated heterocycles. The van der Waals surface area contributed by atoms with Gasteiger partial charge in [-0.2, -0.15) is 0 Å². The standard InChI is InChI=1S/C14H17/c1-2-4-13(5-3-1)14-9-11-6-7-12(8-11)10-14/h1-5,11-12H,6-10H2/q+1. The van der Waals surface area contributed by atoms with Gasteiger partial charge in [0, 0.05) is 30.9 Å². The van der Waals surface area contributed by atoms with Crippen molar-refractivity contribution in [3.8, 4) is 0 Å². The summed E-state index contributed by atoms with van der Waals surface area (Å²) in [5.41, 5.74) is 1.50. The minimum atomic E-state index is 1.02. The van der Waals surface area contributed by atoms with Crippen molar-refractivity contribution < 1.29 is 0 Å². The Morgan fingerprint density at radius 1 is 0.929 bits per heavy atom. The zero-order chi connectivity index (χ0) is 9.38. The van der Waals surface area contributed by atoms with Gasteiger partial charge in [0.05, 0.1) is 0 Å². The summed E-state index contributed by atoms with van der Waals surface area (Å²) >= 11 is 0. The Hall–Kier alpha value is -0.910.